The number of ether oxygens (including phenoxy) is 1. The molecule has 1 aliphatic rings. The van der Waals surface area contributed by atoms with Crippen molar-refractivity contribution in [1.82, 2.24) is 0 Å². The lowest BCUT2D eigenvalue weighted by molar-refractivity contribution is -0.117. The van der Waals surface area contributed by atoms with Crippen molar-refractivity contribution in [1.29, 1.82) is 0 Å². The standard InChI is InChI=1S/C29H23NO6/c1-3-35-29(34)20-11-7-12-21(15-20)30-25(19-10-6-8-17(2)14-19)24(27(32)28(30)33)26(31)23-16-18-9-4-5-13-22(18)36-23/h4-16,25,32H,3H2,1-2H3. The summed E-state index contributed by atoms with van der Waals surface area (Å²) in [6.45, 7) is 3.81. The number of rotatable bonds is 6. The van der Waals surface area contributed by atoms with Gasteiger partial charge >= 0.3 is 5.97 Å². The minimum Gasteiger partial charge on any atom is -0.503 e. The summed E-state index contributed by atoms with van der Waals surface area (Å²) in [4.78, 5) is 40.8. The van der Waals surface area contributed by atoms with Crippen molar-refractivity contribution >= 4 is 34.3 Å². The van der Waals surface area contributed by atoms with Gasteiger partial charge in [0.2, 0.25) is 5.78 Å². The van der Waals surface area contributed by atoms with Crippen molar-refractivity contribution in [3.05, 3.63) is 113 Å². The maximum atomic E-state index is 13.7. The van der Waals surface area contributed by atoms with Gasteiger partial charge < -0.3 is 14.3 Å². The van der Waals surface area contributed by atoms with Crippen LogP contribution in [0.4, 0.5) is 5.69 Å². The summed E-state index contributed by atoms with van der Waals surface area (Å²) in [6, 6.07) is 21.6. The summed E-state index contributed by atoms with van der Waals surface area (Å²) in [5.41, 5.74) is 2.58. The van der Waals surface area contributed by atoms with Crippen LogP contribution >= 0.6 is 0 Å². The Balaban J connectivity index is 1.64. The van der Waals surface area contributed by atoms with Gasteiger partial charge in [0.1, 0.15) is 5.58 Å². The first-order valence-electron chi connectivity index (χ1n) is 11.5. The Hall–Kier alpha value is -4.65. The minimum atomic E-state index is -0.935. The van der Waals surface area contributed by atoms with Crippen LogP contribution < -0.4 is 4.90 Å². The smallest absolute Gasteiger partial charge is 0.338 e. The van der Waals surface area contributed by atoms with E-state index in [-0.39, 0.29) is 23.5 Å². The van der Waals surface area contributed by atoms with E-state index in [0.29, 0.717) is 16.8 Å². The predicted molar refractivity (Wildman–Crippen MR) is 134 cm³/mol. The van der Waals surface area contributed by atoms with Crippen LogP contribution in [0, 0.1) is 6.92 Å². The first-order chi connectivity index (χ1) is 17.4. The monoisotopic (exact) mass is 481 g/mol. The van der Waals surface area contributed by atoms with E-state index in [4.69, 9.17) is 9.15 Å². The molecule has 0 aliphatic carbocycles. The molecule has 3 aromatic carbocycles. The summed E-state index contributed by atoms with van der Waals surface area (Å²) < 4.78 is 10.9. The fourth-order valence-corrected chi connectivity index (χ4v) is 4.48. The van der Waals surface area contributed by atoms with Gasteiger partial charge in [0, 0.05) is 11.1 Å². The van der Waals surface area contributed by atoms with Crippen molar-refractivity contribution in [3.63, 3.8) is 0 Å². The number of aliphatic hydroxyl groups excluding tert-OH is 1. The first kappa shape index (κ1) is 23.1. The number of carbonyl (C=O) groups excluding carboxylic acids is 3. The van der Waals surface area contributed by atoms with Gasteiger partial charge in [0.15, 0.2) is 11.5 Å². The van der Waals surface area contributed by atoms with E-state index >= 15 is 0 Å². The number of aryl methyl sites for hydroxylation is 1. The highest BCUT2D eigenvalue weighted by atomic mass is 16.5. The Morgan fingerprint density at radius 3 is 2.53 bits per heavy atom. The lowest BCUT2D eigenvalue weighted by Gasteiger charge is -2.27. The Kier molecular flexibility index (Phi) is 5.90. The summed E-state index contributed by atoms with van der Waals surface area (Å²) in [6.07, 6.45) is 0. The predicted octanol–water partition coefficient (Wildman–Crippen LogP) is 5.70. The summed E-state index contributed by atoms with van der Waals surface area (Å²) in [5.74, 6) is -2.51. The van der Waals surface area contributed by atoms with Crippen molar-refractivity contribution in [2.45, 2.75) is 19.9 Å². The number of carbonyl (C=O) groups is 3. The Bertz CT molecular complexity index is 1510. The number of Topliss-reactive ketones (excluding diaryl/α,β-unsaturated/α-hetero) is 1. The Labute approximate surface area is 207 Å². The normalized spacial score (nSPS) is 15.6. The topological polar surface area (TPSA) is 97.0 Å². The molecule has 2 heterocycles. The van der Waals surface area contributed by atoms with Crippen LogP contribution in [0.25, 0.3) is 11.0 Å². The summed E-state index contributed by atoms with van der Waals surface area (Å²) >= 11 is 0. The molecule has 1 aliphatic heterocycles. The van der Waals surface area contributed by atoms with Gasteiger partial charge in [-0.05, 0) is 49.7 Å². The summed E-state index contributed by atoms with van der Waals surface area (Å²) in [7, 11) is 0. The van der Waals surface area contributed by atoms with Crippen molar-refractivity contribution in [2.75, 3.05) is 11.5 Å². The number of hydrogen-bond acceptors (Lipinski definition) is 6. The zero-order valence-electron chi connectivity index (χ0n) is 19.7. The molecule has 0 spiro atoms. The van der Waals surface area contributed by atoms with Gasteiger partial charge in [0.25, 0.3) is 5.91 Å². The van der Waals surface area contributed by atoms with E-state index in [1.54, 1.807) is 49.4 Å². The highest BCUT2D eigenvalue weighted by Crippen LogP contribution is 2.42. The molecule has 0 radical (unpaired) electrons. The molecule has 0 fully saturated rings. The maximum Gasteiger partial charge on any atom is 0.338 e. The van der Waals surface area contributed by atoms with Crippen LogP contribution in [0.15, 0.2) is 94.6 Å². The quantitative estimate of drug-likeness (QED) is 0.280. The number of benzene rings is 3. The number of ketones is 1. The van der Waals surface area contributed by atoms with Crippen molar-refractivity contribution in [3.8, 4) is 0 Å². The second-order valence-corrected chi connectivity index (χ2v) is 8.50. The largest absolute Gasteiger partial charge is 0.503 e. The Morgan fingerprint density at radius 1 is 1.00 bits per heavy atom. The number of amides is 1. The van der Waals surface area contributed by atoms with Crippen LogP contribution in [0.1, 0.15) is 45.0 Å². The molecule has 0 saturated carbocycles. The highest BCUT2D eigenvalue weighted by molar-refractivity contribution is 6.20. The molecular weight excluding hydrogens is 458 g/mol. The van der Waals surface area contributed by atoms with Gasteiger partial charge in [-0.1, -0.05) is 54.1 Å². The molecule has 1 N–H and O–H groups in total. The zero-order chi connectivity index (χ0) is 25.4. The van der Waals surface area contributed by atoms with Crippen molar-refractivity contribution in [2.24, 2.45) is 0 Å². The molecule has 180 valence electrons. The third-order valence-electron chi connectivity index (χ3n) is 6.10. The fraction of sp³-hybridized carbons (Fsp3) is 0.138. The lowest BCUT2D eigenvalue weighted by Crippen LogP contribution is -2.31. The van der Waals surface area contributed by atoms with Crippen LogP contribution in [0.3, 0.4) is 0 Å². The Morgan fingerprint density at radius 2 is 1.78 bits per heavy atom. The number of para-hydroxylation sites is 1. The number of fused-ring (bicyclic) bond motifs is 1. The second kappa shape index (κ2) is 9.19. The van der Waals surface area contributed by atoms with Crippen LogP contribution in [0.5, 0.6) is 0 Å². The second-order valence-electron chi connectivity index (χ2n) is 8.50. The minimum absolute atomic E-state index is 0.0188. The highest BCUT2D eigenvalue weighted by Gasteiger charge is 2.45. The van der Waals surface area contributed by atoms with E-state index in [0.717, 1.165) is 10.9 Å². The summed E-state index contributed by atoms with van der Waals surface area (Å²) in [5, 5.41) is 11.7. The lowest BCUT2D eigenvalue weighted by atomic mass is 9.93. The van der Waals surface area contributed by atoms with E-state index in [9.17, 15) is 19.5 Å². The fourth-order valence-electron chi connectivity index (χ4n) is 4.48. The van der Waals surface area contributed by atoms with Gasteiger partial charge in [-0.25, -0.2) is 4.79 Å². The molecule has 0 bridgehead atoms. The number of anilines is 1. The third-order valence-corrected chi connectivity index (χ3v) is 6.10. The molecule has 1 aromatic heterocycles. The van der Waals surface area contributed by atoms with Gasteiger partial charge in [0.05, 0.1) is 23.8 Å². The molecule has 36 heavy (non-hydrogen) atoms. The number of aliphatic hydroxyl groups is 1. The van der Waals surface area contributed by atoms with E-state index < -0.39 is 29.5 Å². The SMILES string of the molecule is CCOC(=O)c1cccc(N2C(=O)C(O)=C(C(=O)c3cc4ccccc4o3)C2c2cccc(C)c2)c1. The molecule has 0 saturated heterocycles. The van der Waals surface area contributed by atoms with Crippen LogP contribution in [0.2, 0.25) is 0 Å². The molecular formula is C29H23NO6. The van der Waals surface area contributed by atoms with Crippen molar-refractivity contribution < 1.29 is 28.6 Å². The van der Waals surface area contributed by atoms with Gasteiger partial charge in [-0.2, -0.15) is 0 Å². The molecule has 1 atom stereocenters. The molecule has 4 aromatic rings. The molecule has 5 rings (SSSR count). The van der Waals surface area contributed by atoms with E-state index in [1.807, 2.05) is 37.3 Å². The number of esters is 1. The van der Waals surface area contributed by atoms with Gasteiger partial charge in [-0.15, -0.1) is 0 Å². The number of furan rings is 1. The van der Waals surface area contributed by atoms with Crippen LogP contribution in [-0.4, -0.2) is 29.4 Å². The average Bonchev–Trinajstić information content (AvgIpc) is 3.43. The van der Waals surface area contributed by atoms with E-state index in [1.165, 1.54) is 11.0 Å². The molecule has 7 heteroatoms. The molecule has 1 amide bonds. The van der Waals surface area contributed by atoms with E-state index in [2.05, 4.69) is 0 Å². The number of nitrogens with zero attached hydrogens (tertiary/aromatic N) is 1. The maximum absolute atomic E-state index is 13.7. The van der Waals surface area contributed by atoms with Gasteiger partial charge in [-0.3, -0.25) is 14.5 Å². The third kappa shape index (κ3) is 3.94. The average molecular weight is 482 g/mol. The zero-order valence-corrected chi connectivity index (χ0v) is 19.7. The molecule has 1 unspecified atom stereocenters. The van der Waals surface area contributed by atoms with Crippen LogP contribution in [-0.2, 0) is 9.53 Å². The molecule has 7 nitrogen and oxygen atoms in total. The first-order valence-corrected chi connectivity index (χ1v) is 11.5. The number of hydrogen-bond donors (Lipinski definition) is 1.